The van der Waals surface area contributed by atoms with Crippen LogP contribution in [-0.2, 0) is 26.0 Å². The zero-order valence-corrected chi connectivity index (χ0v) is 15.8. The molecule has 2 rings (SSSR count). The minimum absolute atomic E-state index is 0.0308. The van der Waals surface area contributed by atoms with E-state index in [2.05, 4.69) is 10.6 Å². The molecule has 12 heteroatoms. The number of anilines is 1. The monoisotopic (exact) mass is 426 g/mol. The Balaban J connectivity index is 1.88. The molecule has 4 N–H and O–H groups in total. The van der Waals surface area contributed by atoms with E-state index in [9.17, 15) is 28.1 Å². The lowest BCUT2D eigenvalue weighted by Crippen LogP contribution is -2.36. The number of nitro groups is 1. The van der Waals surface area contributed by atoms with E-state index in [0.717, 1.165) is 11.6 Å². The lowest BCUT2D eigenvalue weighted by molar-refractivity contribution is -0.384. The van der Waals surface area contributed by atoms with Crippen molar-refractivity contribution in [3.8, 4) is 0 Å². The number of nitrogens with zero attached hydrogens (tertiary/aromatic N) is 1. The SMILES string of the molecule is NS(=O)(=O)c1ccc(CCNC(=O)C(=O)Nc2ccc(Cl)c([N+](=O)[O-])c2)cc1. The third kappa shape index (κ3) is 5.74. The Kier molecular flexibility index (Phi) is 6.67. The average Bonchev–Trinajstić information content (AvgIpc) is 2.62. The number of hydrogen-bond donors (Lipinski definition) is 3. The van der Waals surface area contributed by atoms with E-state index in [1.807, 2.05) is 0 Å². The van der Waals surface area contributed by atoms with Crippen molar-refractivity contribution in [1.29, 1.82) is 0 Å². The summed E-state index contributed by atoms with van der Waals surface area (Å²) in [6.07, 6.45) is 0.344. The molecule has 0 unspecified atom stereocenters. The minimum atomic E-state index is -3.78. The maximum Gasteiger partial charge on any atom is 0.313 e. The molecule has 0 heterocycles. The van der Waals surface area contributed by atoms with E-state index in [1.165, 1.54) is 24.3 Å². The Morgan fingerprint density at radius 3 is 2.32 bits per heavy atom. The van der Waals surface area contributed by atoms with Gasteiger partial charge < -0.3 is 10.6 Å². The van der Waals surface area contributed by atoms with E-state index in [-0.39, 0.29) is 22.2 Å². The van der Waals surface area contributed by atoms with Gasteiger partial charge in [0.15, 0.2) is 0 Å². The number of sulfonamides is 1. The second-order valence-corrected chi connectivity index (χ2v) is 7.54. The van der Waals surface area contributed by atoms with Crippen LogP contribution in [0.25, 0.3) is 0 Å². The molecule has 0 spiro atoms. The van der Waals surface area contributed by atoms with E-state index in [1.54, 1.807) is 12.1 Å². The highest BCUT2D eigenvalue weighted by atomic mass is 35.5. The summed E-state index contributed by atoms with van der Waals surface area (Å²) in [4.78, 5) is 33.8. The molecule has 0 saturated carbocycles. The van der Waals surface area contributed by atoms with Gasteiger partial charge in [0, 0.05) is 18.3 Å². The topological polar surface area (TPSA) is 162 Å². The van der Waals surface area contributed by atoms with Crippen LogP contribution in [0, 0.1) is 10.1 Å². The molecule has 2 amide bonds. The number of halogens is 1. The standard InChI is InChI=1S/C16H15ClN4O6S/c17-13-6-3-11(9-14(13)21(24)25)20-16(23)15(22)19-8-7-10-1-4-12(5-2-10)28(18,26)27/h1-6,9H,7-8H2,(H,19,22)(H,20,23)(H2,18,26,27). The third-order valence-corrected chi connectivity index (χ3v) is 4.81. The van der Waals surface area contributed by atoms with Gasteiger partial charge in [-0.2, -0.15) is 0 Å². The fourth-order valence-electron chi connectivity index (χ4n) is 2.16. The Morgan fingerprint density at radius 1 is 1.11 bits per heavy atom. The molecule has 0 radical (unpaired) electrons. The van der Waals surface area contributed by atoms with Crippen LogP contribution in [0.1, 0.15) is 5.56 Å². The van der Waals surface area contributed by atoms with Crippen LogP contribution in [0.3, 0.4) is 0 Å². The third-order valence-electron chi connectivity index (χ3n) is 3.56. The van der Waals surface area contributed by atoms with Gasteiger partial charge in [0.05, 0.1) is 9.82 Å². The molecule has 0 aliphatic rings. The van der Waals surface area contributed by atoms with Crippen molar-refractivity contribution in [1.82, 2.24) is 5.32 Å². The molecule has 0 aliphatic carbocycles. The number of nitrogens with two attached hydrogens (primary N) is 1. The van der Waals surface area contributed by atoms with Gasteiger partial charge in [-0.3, -0.25) is 19.7 Å². The smallest absolute Gasteiger partial charge is 0.313 e. The first kappa shape index (κ1) is 21.3. The van der Waals surface area contributed by atoms with Gasteiger partial charge in [-0.1, -0.05) is 23.7 Å². The summed E-state index contributed by atoms with van der Waals surface area (Å²) >= 11 is 5.68. The summed E-state index contributed by atoms with van der Waals surface area (Å²) in [6.45, 7) is 0.113. The number of carbonyl (C=O) groups excluding carboxylic acids is 2. The highest BCUT2D eigenvalue weighted by Gasteiger charge is 2.17. The Hall–Kier alpha value is -3.02. The van der Waals surface area contributed by atoms with Crippen molar-refractivity contribution in [2.75, 3.05) is 11.9 Å². The number of hydrogen-bond acceptors (Lipinski definition) is 6. The zero-order valence-electron chi connectivity index (χ0n) is 14.2. The number of amides is 2. The van der Waals surface area contributed by atoms with Gasteiger partial charge in [-0.15, -0.1) is 0 Å². The van der Waals surface area contributed by atoms with Crippen molar-refractivity contribution in [2.24, 2.45) is 5.14 Å². The number of benzene rings is 2. The summed E-state index contributed by atoms with van der Waals surface area (Å²) in [6, 6.07) is 9.36. The molecule has 2 aromatic carbocycles. The summed E-state index contributed by atoms with van der Waals surface area (Å²) in [5, 5.41) is 20.4. The maximum atomic E-state index is 11.9. The molecule has 148 valence electrons. The Labute approximate surface area is 164 Å². The Morgan fingerprint density at radius 2 is 1.75 bits per heavy atom. The average molecular weight is 427 g/mol. The molecule has 28 heavy (non-hydrogen) atoms. The number of primary sulfonamides is 1. The first-order valence-electron chi connectivity index (χ1n) is 7.73. The van der Waals surface area contributed by atoms with Gasteiger partial charge in [0.1, 0.15) is 5.02 Å². The van der Waals surface area contributed by atoms with Crippen LogP contribution >= 0.6 is 11.6 Å². The predicted octanol–water partition coefficient (Wildman–Crippen LogP) is 1.19. The number of nitrogens with one attached hydrogen (secondary N) is 2. The largest absolute Gasteiger partial charge is 0.347 e. The van der Waals surface area contributed by atoms with Crippen LogP contribution in [0.15, 0.2) is 47.4 Å². The second-order valence-electron chi connectivity index (χ2n) is 5.57. The quantitative estimate of drug-likeness (QED) is 0.357. The first-order chi connectivity index (χ1) is 13.1. The molecule has 0 aromatic heterocycles. The number of carbonyl (C=O) groups is 2. The predicted molar refractivity (Wildman–Crippen MR) is 101 cm³/mol. The van der Waals surface area contributed by atoms with Crippen molar-refractivity contribution in [2.45, 2.75) is 11.3 Å². The minimum Gasteiger partial charge on any atom is -0.347 e. The zero-order chi connectivity index (χ0) is 20.9. The van der Waals surface area contributed by atoms with Crippen molar-refractivity contribution >= 4 is 44.8 Å². The van der Waals surface area contributed by atoms with Crippen molar-refractivity contribution in [3.05, 3.63) is 63.2 Å². The van der Waals surface area contributed by atoms with E-state index in [0.29, 0.717) is 6.42 Å². The first-order valence-corrected chi connectivity index (χ1v) is 9.65. The summed E-state index contributed by atoms with van der Waals surface area (Å²) < 4.78 is 22.4. The fourth-order valence-corrected chi connectivity index (χ4v) is 2.87. The fraction of sp³-hybridized carbons (Fsp3) is 0.125. The van der Waals surface area contributed by atoms with Gasteiger partial charge in [0.2, 0.25) is 10.0 Å². The van der Waals surface area contributed by atoms with Crippen LogP contribution in [0.2, 0.25) is 5.02 Å². The highest BCUT2D eigenvalue weighted by molar-refractivity contribution is 7.89. The van der Waals surface area contributed by atoms with Crippen LogP contribution < -0.4 is 15.8 Å². The molecule has 0 aliphatic heterocycles. The van der Waals surface area contributed by atoms with Crippen LogP contribution in [0.5, 0.6) is 0 Å². The lowest BCUT2D eigenvalue weighted by atomic mass is 10.1. The van der Waals surface area contributed by atoms with Gasteiger partial charge >= 0.3 is 11.8 Å². The van der Waals surface area contributed by atoms with Gasteiger partial charge in [-0.25, -0.2) is 13.6 Å². The molecule has 0 bridgehead atoms. The van der Waals surface area contributed by atoms with Gasteiger partial charge in [-0.05, 0) is 36.2 Å². The van der Waals surface area contributed by atoms with Crippen molar-refractivity contribution < 1.29 is 22.9 Å². The Bertz CT molecular complexity index is 1020. The summed E-state index contributed by atoms with van der Waals surface area (Å²) in [5.74, 6) is -1.93. The van der Waals surface area contributed by atoms with E-state index in [4.69, 9.17) is 16.7 Å². The lowest BCUT2D eigenvalue weighted by Gasteiger charge is -2.07. The van der Waals surface area contributed by atoms with Crippen LogP contribution in [0.4, 0.5) is 11.4 Å². The molecule has 0 saturated heterocycles. The number of rotatable bonds is 6. The molecular formula is C16H15ClN4O6S. The molecule has 10 nitrogen and oxygen atoms in total. The van der Waals surface area contributed by atoms with Crippen molar-refractivity contribution in [3.63, 3.8) is 0 Å². The second kappa shape index (κ2) is 8.78. The number of nitro benzene ring substituents is 1. The maximum absolute atomic E-state index is 11.9. The molecular weight excluding hydrogens is 412 g/mol. The normalized spacial score (nSPS) is 10.9. The summed E-state index contributed by atoms with van der Waals surface area (Å²) in [7, 11) is -3.78. The van der Waals surface area contributed by atoms with Crippen LogP contribution in [-0.4, -0.2) is 31.7 Å². The van der Waals surface area contributed by atoms with E-state index >= 15 is 0 Å². The molecule has 2 aromatic rings. The van der Waals surface area contributed by atoms with Gasteiger partial charge in [0.25, 0.3) is 5.69 Å². The molecule has 0 atom stereocenters. The molecule has 0 fully saturated rings. The highest BCUT2D eigenvalue weighted by Crippen LogP contribution is 2.27. The summed E-state index contributed by atoms with van der Waals surface area (Å²) in [5.41, 5.74) is 0.374. The van der Waals surface area contributed by atoms with E-state index < -0.39 is 32.4 Å².